The number of ether oxygens (including phenoxy) is 1. The number of Topliss-reactive ketones (excluding diaryl/α,β-unsaturated/α-hetero) is 1. The van der Waals surface area contributed by atoms with Crippen molar-refractivity contribution >= 4 is 44.2 Å². The molecular weight excluding hydrogens is 550 g/mol. The van der Waals surface area contributed by atoms with Gasteiger partial charge < -0.3 is 15.0 Å². The van der Waals surface area contributed by atoms with E-state index in [1.54, 1.807) is 12.1 Å². The molecule has 1 aliphatic rings. The lowest BCUT2D eigenvalue weighted by atomic mass is 9.96. The smallest absolute Gasteiger partial charge is 0.284 e. The fraction of sp³-hybridized carbons (Fsp3) is 0.241. The van der Waals surface area contributed by atoms with E-state index < -0.39 is 10.7 Å². The van der Waals surface area contributed by atoms with Gasteiger partial charge >= 0.3 is 0 Å². The number of H-pyrrole nitrogens is 1. The minimum atomic E-state index is -0.568. The average Bonchev–Trinajstić information content (AvgIpc) is 3.29. The van der Waals surface area contributed by atoms with E-state index in [0.717, 1.165) is 29.7 Å². The van der Waals surface area contributed by atoms with Crippen LogP contribution in [0.1, 0.15) is 50.4 Å². The number of hydrogen-bond acceptors (Lipinski definition) is 5. The van der Waals surface area contributed by atoms with Crippen LogP contribution in [0, 0.1) is 10.1 Å². The van der Waals surface area contributed by atoms with Crippen molar-refractivity contribution in [1.29, 1.82) is 0 Å². The molecule has 9 heteroatoms. The van der Waals surface area contributed by atoms with Crippen LogP contribution in [0.5, 0.6) is 5.75 Å². The topological polar surface area (TPSA) is 114 Å². The van der Waals surface area contributed by atoms with E-state index in [1.807, 2.05) is 24.3 Å². The summed E-state index contributed by atoms with van der Waals surface area (Å²) < 4.78 is 6.30. The summed E-state index contributed by atoms with van der Waals surface area (Å²) in [5.41, 5.74) is 5.06. The van der Waals surface area contributed by atoms with Gasteiger partial charge in [-0.05, 0) is 83.1 Å². The van der Waals surface area contributed by atoms with E-state index in [2.05, 4.69) is 32.3 Å². The van der Waals surface area contributed by atoms with Crippen molar-refractivity contribution in [3.63, 3.8) is 0 Å². The van der Waals surface area contributed by atoms with Crippen molar-refractivity contribution in [3.05, 3.63) is 103 Å². The minimum absolute atomic E-state index is 0.154. The maximum Gasteiger partial charge on any atom is 0.284 e. The molecule has 0 atom stereocenters. The summed E-state index contributed by atoms with van der Waals surface area (Å²) in [4.78, 5) is 39.6. The molecule has 3 aromatic carbocycles. The Bertz CT molecular complexity index is 1540. The van der Waals surface area contributed by atoms with E-state index in [4.69, 9.17) is 4.74 Å². The quantitative estimate of drug-likeness (QED) is 0.145. The first-order chi connectivity index (χ1) is 18.4. The summed E-state index contributed by atoms with van der Waals surface area (Å²) >= 11 is 3.10. The number of carbonyl (C=O) groups is 2. The second kappa shape index (κ2) is 11.2. The molecule has 1 amide bonds. The fourth-order valence-corrected chi connectivity index (χ4v) is 5.30. The highest BCUT2D eigenvalue weighted by molar-refractivity contribution is 9.10. The third kappa shape index (κ3) is 5.47. The number of nitro groups is 1. The van der Waals surface area contributed by atoms with E-state index in [9.17, 15) is 19.7 Å². The molecule has 0 unspecified atom stereocenters. The molecule has 194 valence electrons. The van der Waals surface area contributed by atoms with E-state index in [0.29, 0.717) is 18.6 Å². The van der Waals surface area contributed by atoms with E-state index in [-0.39, 0.29) is 28.2 Å². The summed E-state index contributed by atoms with van der Waals surface area (Å²) in [5, 5.41) is 15.0. The van der Waals surface area contributed by atoms with Gasteiger partial charge in [0, 0.05) is 46.3 Å². The fourth-order valence-electron chi connectivity index (χ4n) is 4.91. The maximum absolute atomic E-state index is 12.9. The number of aromatic nitrogens is 1. The van der Waals surface area contributed by atoms with Crippen LogP contribution in [-0.4, -0.2) is 34.7 Å². The highest BCUT2D eigenvalue weighted by atomic mass is 79.9. The monoisotopic (exact) mass is 575 g/mol. The standard InChI is InChI=1S/C29H26BrN3O5/c30-24-12-9-19(15-27(24)33(36)37)28(34)17-31-29(35)21-6-2-1-5-18(21)13-14-38-20-10-11-23-22-7-3-4-8-25(22)32-26(23)16-20/h1-2,5-6,9-12,15-16,32H,3-4,7-8,13-14,17H2,(H,31,35). The Morgan fingerprint density at radius 3 is 2.71 bits per heavy atom. The summed E-state index contributed by atoms with van der Waals surface area (Å²) in [6, 6.07) is 17.4. The van der Waals surface area contributed by atoms with Gasteiger partial charge in [-0.1, -0.05) is 18.2 Å². The summed E-state index contributed by atoms with van der Waals surface area (Å²) in [5.74, 6) is -0.0395. The third-order valence-electron chi connectivity index (χ3n) is 6.85. The van der Waals surface area contributed by atoms with Crippen LogP contribution in [0.15, 0.2) is 65.1 Å². The van der Waals surface area contributed by atoms with Crippen molar-refractivity contribution in [2.24, 2.45) is 0 Å². The van der Waals surface area contributed by atoms with Gasteiger partial charge in [0.05, 0.1) is 22.5 Å². The Kier molecular flexibility index (Phi) is 7.55. The molecule has 0 saturated carbocycles. The van der Waals surface area contributed by atoms with Crippen molar-refractivity contribution < 1.29 is 19.2 Å². The molecular formula is C29H26BrN3O5. The molecule has 0 spiro atoms. The lowest BCUT2D eigenvalue weighted by Crippen LogP contribution is -2.30. The number of nitro benzene ring substituents is 1. The first kappa shape index (κ1) is 25.7. The lowest BCUT2D eigenvalue weighted by Gasteiger charge is -2.11. The average molecular weight is 576 g/mol. The zero-order chi connectivity index (χ0) is 26.6. The van der Waals surface area contributed by atoms with Gasteiger partial charge in [0.15, 0.2) is 5.78 Å². The Hall–Kier alpha value is -3.98. The Labute approximate surface area is 227 Å². The molecule has 0 saturated heterocycles. The zero-order valence-corrected chi connectivity index (χ0v) is 22.2. The van der Waals surface area contributed by atoms with Crippen molar-refractivity contribution in [2.75, 3.05) is 13.2 Å². The molecule has 0 bridgehead atoms. The maximum atomic E-state index is 12.9. The van der Waals surface area contributed by atoms with E-state index >= 15 is 0 Å². The number of aromatic amines is 1. The predicted molar refractivity (Wildman–Crippen MR) is 148 cm³/mol. The first-order valence-electron chi connectivity index (χ1n) is 12.5. The molecule has 4 aromatic rings. The number of nitrogens with zero attached hydrogens (tertiary/aromatic N) is 1. The summed E-state index contributed by atoms with van der Waals surface area (Å²) in [7, 11) is 0. The van der Waals surface area contributed by atoms with Crippen LogP contribution in [0.25, 0.3) is 10.9 Å². The molecule has 1 heterocycles. The molecule has 0 aliphatic heterocycles. The number of rotatable bonds is 9. The Balaban J connectivity index is 1.20. The molecule has 0 radical (unpaired) electrons. The number of aryl methyl sites for hydroxylation is 2. The molecule has 8 nitrogen and oxygen atoms in total. The number of carbonyl (C=O) groups excluding carboxylic acids is 2. The number of hydrogen-bond donors (Lipinski definition) is 2. The molecule has 0 fully saturated rings. The van der Waals surface area contributed by atoms with Crippen LogP contribution in [-0.2, 0) is 19.3 Å². The Morgan fingerprint density at radius 2 is 1.87 bits per heavy atom. The van der Waals surface area contributed by atoms with Gasteiger partial charge in [-0.25, -0.2) is 0 Å². The van der Waals surface area contributed by atoms with Gasteiger partial charge in [-0.2, -0.15) is 0 Å². The number of nitrogens with one attached hydrogen (secondary N) is 2. The van der Waals surface area contributed by atoms with Crippen molar-refractivity contribution in [1.82, 2.24) is 10.3 Å². The normalized spacial score (nSPS) is 12.7. The highest BCUT2D eigenvalue weighted by Crippen LogP contribution is 2.31. The van der Waals surface area contributed by atoms with Crippen LogP contribution in [0.4, 0.5) is 5.69 Å². The SMILES string of the molecule is O=C(CNC(=O)c1ccccc1CCOc1ccc2c3c([nH]c2c1)CCCC3)c1ccc(Br)c([N+](=O)[O-])c1. The van der Waals surface area contributed by atoms with Crippen molar-refractivity contribution in [3.8, 4) is 5.75 Å². The van der Waals surface area contributed by atoms with E-state index in [1.165, 1.54) is 47.7 Å². The number of ketones is 1. The Morgan fingerprint density at radius 1 is 1.05 bits per heavy atom. The summed E-state index contributed by atoms with van der Waals surface area (Å²) in [6.45, 7) is 0.111. The second-order valence-corrected chi connectivity index (χ2v) is 10.1. The molecule has 2 N–H and O–H groups in total. The largest absolute Gasteiger partial charge is 0.493 e. The molecule has 1 aromatic heterocycles. The van der Waals surface area contributed by atoms with Gasteiger partial charge in [0.2, 0.25) is 0 Å². The molecule has 5 rings (SSSR count). The number of amides is 1. The number of halogens is 1. The first-order valence-corrected chi connectivity index (χ1v) is 13.3. The van der Waals surface area contributed by atoms with Crippen LogP contribution < -0.4 is 10.1 Å². The lowest BCUT2D eigenvalue weighted by molar-refractivity contribution is -0.385. The third-order valence-corrected chi connectivity index (χ3v) is 7.52. The van der Waals surface area contributed by atoms with Crippen LogP contribution >= 0.6 is 15.9 Å². The van der Waals surface area contributed by atoms with Crippen LogP contribution in [0.3, 0.4) is 0 Å². The van der Waals surface area contributed by atoms with Gasteiger partial charge in [-0.15, -0.1) is 0 Å². The van der Waals surface area contributed by atoms with Crippen molar-refractivity contribution in [2.45, 2.75) is 32.1 Å². The van der Waals surface area contributed by atoms with Gasteiger partial charge in [0.1, 0.15) is 5.75 Å². The highest BCUT2D eigenvalue weighted by Gasteiger charge is 2.18. The molecule has 1 aliphatic carbocycles. The van der Waals surface area contributed by atoms with Gasteiger partial charge in [0.25, 0.3) is 11.6 Å². The van der Waals surface area contributed by atoms with Crippen LogP contribution in [0.2, 0.25) is 0 Å². The molecule has 38 heavy (non-hydrogen) atoms. The summed E-state index contributed by atoms with van der Waals surface area (Å²) in [6.07, 6.45) is 5.16. The van der Waals surface area contributed by atoms with Gasteiger partial charge in [-0.3, -0.25) is 19.7 Å². The second-order valence-electron chi connectivity index (χ2n) is 9.28. The minimum Gasteiger partial charge on any atom is -0.493 e. The number of fused-ring (bicyclic) bond motifs is 3. The number of benzene rings is 3. The predicted octanol–water partition coefficient (Wildman–Crippen LogP) is 5.95. The zero-order valence-electron chi connectivity index (χ0n) is 20.6.